The number of ether oxygens (including phenoxy) is 3. The predicted octanol–water partition coefficient (Wildman–Crippen LogP) is 0.759. The molecular formula is C17H21NO6. The molecule has 1 aromatic carbocycles. The van der Waals surface area contributed by atoms with Gasteiger partial charge in [-0.2, -0.15) is 0 Å². The van der Waals surface area contributed by atoms with Crippen molar-refractivity contribution in [3.05, 3.63) is 35.4 Å². The van der Waals surface area contributed by atoms with Crippen molar-refractivity contribution < 1.29 is 28.6 Å². The van der Waals surface area contributed by atoms with Gasteiger partial charge in [0.1, 0.15) is 6.04 Å². The second kappa shape index (κ2) is 7.44. The molecule has 1 fully saturated rings. The van der Waals surface area contributed by atoms with Crippen molar-refractivity contribution in [3.8, 4) is 0 Å². The Labute approximate surface area is 140 Å². The van der Waals surface area contributed by atoms with Crippen molar-refractivity contribution in [1.82, 2.24) is 5.32 Å². The number of aryl methyl sites for hydroxylation is 1. The Bertz CT molecular complexity index is 626. The molecule has 0 aromatic heterocycles. The number of rotatable bonds is 4. The number of carbonyl (C=O) groups excluding carboxylic acids is 3. The lowest BCUT2D eigenvalue weighted by atomic mass is 9.84. The summed E-state index contributed by atoms with van der Waals surface area (Å²) in [6, 6.07) is 5.92. The molecule has 1 heterocycles. The van der Waals surface area contributed by atoms with Crippen LogP contribution in [-0.4, -0.2) is 45.3 Å². The molecule has 0 radical (unpaired) electrons. The van der Waals surface area contributed by atoms with Crippen LogP contribution in [0.25, 0.3) is 0 Å². The lowest BCUT2D eigenvalue weighted by Gasteiger charge is -2.21. The quantitative estimate of drug-likeness (QED) is 0.641. The predicted molar refractivity (Wildman–Crippen MR) is 83.9 cm³/mol. The number of methoxy groups -OCH3 is 3. The summed E-state index contributed by atoms with van der Waals surface area (Å²) in [6.45, 7) is 1.94. The summed E-state index contributed by atoms with van der Waals surface area (Å²) >= 11 is 0. The molecule has 130 valence electrons. The minimum atomic E-state index is -1.03. The summed E-state index contributed by atoms with van der Waals surface area (Å²) in [7, 11) is 3.68. The van der Waals surface area contributed by atoms with Crippen LogP contribution in [0.2, 0.25) is 0 Å². The fourth-order valence-corrected chi connectivity index (χ4v) is 3.07. The van der Waals surface area contributed by atoms with Gasteiger partial charge < -0.3 is 14.2 Å². The zero-order chi connectivity index (χ0) is 17.9. The van der Waals surface area contributed by atoms with Crippen LogP contribution in [0.15, 0.2) is 24.3 Å². The van der Waals surface area contributed by atoms with Gasteiger partial charge in [-0.1, -0.05) is 29.8 Å². The summed E-state index contributed by atoms with van der Waals surface area (Å²) in [5, 5.41) is 3.03. The average Bonchev–Trinajstić information content (AvgIpc) is 3.00. The number of benzene rings is 1. The van der Waals surface area contributed by atoms with Gasteiger partial charge in [0.15, 0.2) is 0 Å². The molecule has 1 saturated heterocycles. The van der Waals surface area contributed by atoms with Crippen LogP contribution in [0.3, 0.4) is 0 Å². The van der Waals surface area contributed by atoms with E-state index in [0.717, 1.165) is 11.1 Å². The normalized spacial score (nSPS) is 25.8. The SMILES string of the molecule is COC(=O)[C@@H]1[C@H](C(=O)OC)[C@H](c2ccc(C)cc2)N[C@@H]1C(=O)OC. The lowest BCUT2D eigenvalue weighted by molar-refractivity contribution is -0.159. The summed E-state index contributed by atoms with van der Waals surface area (Å²) in [5.74, 6) is -3.80. The zero-order valence-corrected chi connectivity index (χ0v) is 14.1. The summed E-state index contributed by atoms with van der Waals surface area (Å²) in [5.41, 5.74) is 1.83. The molecule has 1 N–H and O–H groups in total. The standard InChI is InChI=1S/C17H21NO6/c1-9-5-7-10(8-6-9)13-11(15(19)22-2)12(16(20)23-3)14(18-13)17(21)24-4/h5-8,11-14,18H,1-4H3/t11-,12+,13-,14-/m0/s1. The fourth-order valence-electron chi connectivity index (χ4n) is 3.07. The molecule has 1 aromatic rings. The highest BCUT2D eigenvalue weighted by atomic mass is 16.5. The average molecular weight is 335 g/mol. The van der Waals surface area contributed by atoms with Crippen molar-refractivity contribution in [1.29, 1.82) is 0 Å². The van der Waals surface area contributed by atoms with E-state index in [-0.39, 0.29) is 0 Å². The van der Waals surface area contributed by atoms with Gasteiger partial charge in [0.2, 0.25) is 0 Å². The van der Waals surface area contributed by atoms with E-state index in [2.05, 4.69) is 5.32 Å². The highest BCUT2D eigenvalue weighted by molar-refractivity contribution is 5.91. The van der Waals surface area contributed by atoms with Crippen LogP contribution >= 0.6 is 0 Å². The third kappa shape index (κ3) is 3.26. The van der Waals surface area contributed by atoms with Gasteiger partial charge in [-0.15, -0.1) is 0 Å². The van der Waals surface area contributed by atoms with Crippen molar-refractivity contribution in [2.75, 3.05) is 21.3 Å². The minimum absolute atomic E-state index is 0.564. The Kier molecular flexibility index (Phi) is 5.56. The maximum Gasteiger partial charge on any atom is 0.323 e. The van der Waals surface area contributed by atoms with Crippen LogP contribution in [0, 0.1) is 18.8 Å². The van der Waals surface area contributed by atoms with E-state index < -0.39 is 41.8 Å². The molecule has 0 aliphatic carbocycles. The number of esters is 3. The van der Waals surface area contributed by atoms with Gasteiger partial charge in [-0.3, -0.25) is 19.7 Å². The van der Waals surface area contributed by atoms with Gasteiger partial charge in [0, 0.05) is 6.04 Å². The molecular weight excluding hydrogens is 314 g/mol. The number of hydrogen-bond acceptors (Lipinski definition) is 7. The Hall–Kier alpha value is -2.41. The van der Waals surface area contributed by atoms with Gasteiger partial charge in [-0.05, 0) is 12.5 Å². The molecule has 7 nitrogen and oxygen atoms in total. The minimum Gasteiger partial charge on any atom is -0.469 e. The number of hydrogen-bond donors (Lipinski definition) is 1. The molecule has 0 saturated carbocycles. The van der Waals surface area contributed by atoms with Crippen LogP contribution in [0.5, 0.6) is 0 Å². The van der Waals surface area contributed by atoms with Gasteiger partial charge in [0.25, 0.3) is 0 Å². The smallest absolute Gasteiger partial charge is 0.323 e. The van der Waals surface area contributed by atoms with E-state index in [0.29, 0.717) is 0 Å². The van der Waals surface area contributed by atoms with E-state index in [1.807, 2.05) is 31.2 Å². The van der Waals surface area contributed by atoms with Crippen molar-refractivity contribution in [2.24, 2.45) is 11.8 Å². The first-order chi connectivity index (χ1) is 11.4. The molecule has 7 heteroatoms. The lowest BCUT2D eigenvalue weighted by Crippen LogP contribution is -2.42. The summed E-state index contributed by atoms with van der Waals surface area (Å²) in [6.07, 6.45) is 0. The molecule has 0 spiro atoms. The van der Waals surface area contributed by atoms with Crippen molar-refractivity contribution in [2.45, 2.75) is 19.0 Å². The van der Waals surface area contributed by atoms with Crippen LogP contribution in [0.1, 0.15) is 17.2 Å². The zero-order valence-electron chi connectivity index (χ0n) is 14.1. The van der Waals surface area contributed by atoms with E-state index in [9.17, 15) is 14.4 Å². The van der Waals surface area contributed by atoms with Crippen LogP contribution in [-0.2, 0) is 28.6 Å². The van der Waals surface area contributed by atoms with Gasteiger partial charge >= 0.3 is 17.9 Å². The summed E-state index contributed by atoms with van der Waals surface area (Å²) < 4.78 is 14.4. The topological polar surface area (TPSA) is 90.9 Å². The van der Waals surface area contributed by atoms with Gasteiger partial charge in [-0.25, -0.2) is 0 Å². The van der Waals surface area contributed by atoms with Crippen LogP contribution < -0.4 is 5.32 Å². The summed E-state index contributed by atoms with van der Waals surface area (Å²) in [4.78, 5) is 36.6. The first kappa shape index (κ1) is 17.9. The highest BCUT2D eigenvalue weighted by Gasteiger charge is 2.55. The van der Waals surface area contributed by atoms with E-state index in [1.165, 1.54) is 21.3 Å². The monoisotopic (exact) mass is 335 g/mol. The molecule has 4 atom stereocenters. The molecule has 0 amide bonds. The molecule has 24 heavy (non-hydrogen) atoms. The molecule has 0 unspecified atom stereocenters. The van der Waals surface area contributed by atoms with Crippen molar-refractivity contribution >= 4 is 17.9 Å². The second-order valence-electron chi connectivity index (χ2n) is 5.65. The van der Waals surface area contributed by atoms with Crippen LogP contribution in [0.4, 0.5) is 0 Å². The van der Waals surface area contributed by atoms with E-state index in [1.54, 1.807) is 0 Å². The number of carbonyl (C=O) groups is 3. The molecule has 1 aliphatic rings. The first-order valence-corrected chi connectivity index (χ1v) is 7.50. The maximum absolute atomic E-state index is 12.3. The Morgan fingerprint density at radius 2 is 1.33 bits per heavy atom. The van der Waals surface area contributed by atoms with E-state index >= 15 is 0 Å². The Morgan fingerprint density at radius 3 is 1.83 bits per heavy atom. The maximum atomic E-state index is 12.3. The first-order valence-electron chi connectivity index (χ1n) is 7.50. The van der Waals surface area contributed by atoms with Gasteiger partial charge in [0.05, 0.1) is 33.2 Å². The molecule has 0 bridgehead atoms. The van der Waals surface area contributed by atoms with E-state index in [4.69, 9.17) is 14.2 Å². The molecule has 1 aliphatic heterocycles. The third-order valence-electron chi connectivity index (χ3n) is 4.30. The fraction of sp³-hybridized carbons (Fsp3) is 0.471. The Morgan fingerprint density at radius 1 is 0.833 bits per heavy atom. The number of nitrogens with one attached hydrogen (secondary N) is 1. The van der Waals surface area contributed by atoms with Crippen molar-refractivity contribution in [3.63, 3.8) is 0 Å². The third-order valence-corrected chi connectivity index (χ3v) is 4.30. The Balaban J connectivity index is 2.48. The second-order valence-corrected chi connectivity index (χ2v) is 5.65. The largest absolute Gasteiger partial charge is 0.469 e. The highest BCUT2D eigenvalue weighted by Crippen LogP contribution is 2.39. The molecule has 2 rings (SSSR count).